The number of hydrogen-bond donors (Lipinski definition) is 0. The van der Waals surface area contributed by atoms with Crippen LogP contribution in [0.4, 0.5) is 0 Å². The lowest BCUT2D eigenvalue weighted by molar-refractivity contribution is -0.124. The van der Waals surface area contributed by atoms with E-state index in [4.69, 9.17) is 4.74 Å². The Morgan fingerprint density at radius 2 is 2.24 bits per heavy atom. The van der Waals surface area contributed by atoms with E-state index in [0.717, 1.165) is 6.42 Å². The number of rotatable bonds is 1. The lowest BCUT2D eigenvalue weighted by Gasteiger charge is -2.31. The number of carbonyl (C=O) groups excluding carboxylic acids is 1. The van der Waals surface area contributed by atoms with Crippen molar-refractivity contribution in [3.63, 3.8) is 0 Å². The molecule has 0 aromatic carbocycles. The molecule has 17 heavy (non-hydrogen) atoms. The van der Waals surface area contributed by atoms with Crippen LogP contribution in [0.25, 0.3) is 0 Å². The van der Waals surface area contributed by atoms with Gasteiger partial charge in [-0.15, -0.1) is 0 Å². The minimum absolute atomic E-state index is 0.0297. The van der Waals surface area contributed by atoms with Crippen LogP contribution < -0.4 is 0 Å². The van der Waals surface area contributed by atoms with Gasteiger partial charge in [0, 0.05) is 11.3 Å². The minimum Gasteiger partial charge on any atom is -0.355 e. The van der Waals surface area contributed by atoms with E-state index in [0.29, 0.717) is 5.92 Å². The lowest BCUT2D eigenvalue weighted by Crippen LogP contribution is -2.38. The Bertz CT molecular complexity index is 414. The normalized spacial score (nSPS) is 48.2. The van der Waals surface area contributed by atoms with Gasteiger partial charge in [-0.3, -0.25) is 9.69 Å². The van der Waals surface area contributed by atoms with Crippen LogP contribution in [-0.2, 0) is 9.53 Å². The maximum atomic E-state index is 11.6. The summed E-state index contributed by atoms with van der Waals surface area (Å²) in [6.07, 6.45) is 9.71. The van der Waals surface area contributed by atoms with Crippen molar-refractivity contribution in [2.75, 3.05) is 7.05 Å². The third-order valence-corrected chi connectivity index (χ3v) is 4.73. The van der Waals surface area contributed by atoms with Crippen LogP contribution in [0.1, 0.15) is 20.3 Å². The highest BCUT2D eigenvalue weighted by molar-refractivity contribution is 5.81. The summed E-state index contributed by atoms with van der Waals surface area (Å²) in [5.74, 6) is 0.675. The standard InChI is InChI=1S/C14H19NO2/c1-9(16)11-8-10-13(15(11)3)17-12-6-4-5-7-14(10,12)2/h4-7,10-13H,8H2,1-3H3. The van der Waals surface area contributed by atoms with Gasteiger partial charge in [-0.1, -0.05) is 31.2 Å². The van der Waals surface area contributed by atoms with Crippen LogP contribution in [0.15, 0.2) is 24.3 Å². The van der Waals surface area contributed by atoms with Crippen LogP contribution >= 0.6 is 0 Å². The molecule has 1 aliphatic carbocycles. The fraction of sp³-hybridized carbons (Fsp3) is 0.643. The summed E-state index contributed by atoms with van der Waals surface area (Å²) >= 11 is 0. The zero-order valence-electron chi connectivity index (χ0n) is 10.6. The number of allylic oxidation sites excluding steroid dienone is 2. The highest BCUT2D eigenvalue weighted by Crippen LogP contribution is 2.53. The molecule has 3 heteroatoms. The monoisotopic (exact) mass is 233 g/mol. The van der Waals surface area contributed by atoms with Gasteiger partial charge >= 0.3 is 0 Å². The van der Waals surface area contributed by atoms with Crippen molar-refractivity contribution in [2.45, 2.75) is 38.6 Å². The largest absolute Gasteiger partial charge is 0.355 e. The summed E-state index contributed by atoms with van der Waals surface area (Å²) in [5, 5.41) is 0. The molecule has 0 spiro atoms. The molecule has 0 aromatic rings. The highest BCUT2D eigenvalue weighted by atomic mass is 16.5. The summed E-state index contributed by atoms with van der Waals surface area (Å²) < 4.78 is 6.12. The van der Waals surface area contributed by atoms with Gasteiger partial charge in [-0.2, -0.15) is 0 Å². The summed E-state index contributed by atoms with van der Waals surface area (Å²) in [6.45, 7) is 3.93. The first-order valence-electron chi connectivity index (χ1n) is 6.28. The lowest BCUT2D eigenvalue weighted by atomic mass is 9.71. The summed E-state index contributed by atoms with van der Waals surface area (Å²) in [4.78, 5) is 13.7. The molecule has 0 N–H and O–H groups in total. The third-order valence-electron chi connectivity index (χ3n) is 4.73. The Morgan fingerprint density at radius 1 is 1.47 bits per heavy atom. The average Bonchev–Trinajstić information content (AvgIpc) is 2.75. The molecule has 0 amide bonds. The molecule has 0 radical (unpaired) electrons. The highest BCUT2D eigenvalue weighted by Gasteiger charge is 2.58. The Labute approximate surface area is 102 Å². The number of carbonyl (C=O) groups is 1. The Hall–Kier alpha value is -0.930. The van der Waals surface area contributed by atoms with Gasteiger partial charge < -0.3 is 4.74 Å². The molecule has 0 bridgehead atoms. The fourth-order valence-electron chi connectivity index (χ4n) is 3.60. The summed E-state index contributed by atoms with van der Waals surface area (Å²) in [6, 6.07) is 0.0297. The van der Waals surface area contributed by atoms with Crippen molar-refractivity contribution in [3.8, 4) is 0 Å². The smallest absolute Gasteiger partial charge is 0.146 e. The predicted octanol–water partition coefficient (Wildman–Crippen LogP) is 1.75. The molecule has 92 valence electrons. The molecule has 2 aliphatic heterocycles. The first kappa shape index (κ1) is 11.2. The van der Waals surface area contributed by atoms with Crippen LogP contribution in [0.5, 0.6) is 0 Å². The molecule has 0 aromatic heterocycles. The van der Waals surface area contributed by atoms with Gasteiger partial charge in [-0.25, -0.2) is 0 Å². The summed E-state index contributed by atoms with van der Waals surface area (Å²) in [5.41, 5.74) is 0.0534. The Morgan fingerprint density at radius 3 is 2.94 bits per heavy atom. The van der Waals surface area contributed by atoms with Gasteiger partial charge in [-0.05, 0) is 20.4 Å². The molecule has 2 saturated heterocycles. The number of likely N-dealkylation sites (N-methyl/N-ethyl adjacent to an activating group) is 1. The molecule has 3 nitrogen and oxygen atoms in total. The van der Waals surface area contributed by atoms with E-state index in [2.05, 4.69) is 36.1 Å². The molecule has 3 rings (SSSR count). The molecule has 0 saturated carbocycles. The number of Topliss-reactive ketones (excluding diaryl/α,β-unsaturated/α-hetero) is 1. The molecule has 2 fully saturated rings. The van der Waals surface area contributed by atoms with Crippen LogP contribution in [-0.4, -0.2) is 36.1 Å². The van der Waals surface area contributed by atoms with Crippen molar-refractivity contribution in [1.29, 1.82) is 0 Å². The van der Waals surface area contributed by atoms with E-state index in [9.17, 15) is 4.79 Å². The number of likely N-dealkylation sites (tertiary alicyclic amines) is 1. The second-order valence-electron chi connectivity index (χ2n) is 5.69. The zero-order valence-corrected chi connectivity index (χ0v) is 10.6. The predicted molar refractivity (Wildman–Crippen MR) is 65.4 cm³/mol. The SMILES string of the molecule is CC(=O)C1CC2C(OC3C=CC=CC32C)N1C. The Kier molecular flexibility index (Phi) is 2.32. The first-order valence-corrected chi connectivity index (χ1v) is 6.28. The van der Waals surface area contributed by atoms with E-state index in [-0.39, 0.29) is 29.6 Å². The summed E-state index contributed by atoms with van der Waals surface area (Å²) in [7, 11) is 2.00. The maximum Gasteiger partial charge on any atom is 0.146 e. The molecular formula is C14H19NO2. The molecular weight excluding hydrogens is 214 g/mol. The van der Waals surface area contributed by atoms with Crippen LogP contribution in [0.2, 0.25) is 0 Å². The van der Waals surface area contributed by atoms with Gasteiger partial charge in [0.25, 0.3) is 0 Å². The van der Waals surface area contributed by atoms with Crippen molar-refractivity contribution >= 4 is 5.78 Å². The van der Waals surface area contributed by atoms with Gasteiger partial charge in [0.1, 0.15) is 12.0 Å². The van der Waals surface area contributed by atoms with E-state index in [1.54, 1.807) is 6.92 Å². The first-order chi connectivity index (χ1) is 8.04. The van der Waals surface area contributed by atoms with Crippen molar-refractivity contribution in [1.82, 2.24) is 4.90 Å². The average molecular weight is 233 g/mol. The third kappa shape index (κ3) is 1.39. The molecule has 3 aliphatic rings. The van der Waals surface area contributed by atoms with E-state index in [1.807, 2.05) is 7.05 Å². The van der Waals surface area contributed by atoms with Crippen LogP contribution in [0, 0.1) is 11.3 Å². The van der Waals surface area contributed by atoms with Gasteiger partial charge in [0.15, 0.2) is 0 Å². The van der Waals surface area contributed by atoms with Crippen molar-refractivity contribution < 1.29 is 9.53 Å². The molecule has 5 atom stereocenters. The van der Waals surface area contributed by atoms with Gasteiger partial charge in [0.05, 0.1) is 12.1 Å². The van der Waals surface area contributed by atoms with Crippen LogP contribution in [0.3, 0.4) is 0 Å². The van der Waals surface area contributed by atoms with Crippen molar-refractivity contribution in [2.24, 2.45) is 11.3 Å². The van der Waals surface area contributed by atoms with E-state index in [1.165, 1.54) is 0 Å². The number of ketones is 1. The number of hydrogen-bond acceptors (Lipinski definition) is 3. The Balaban J connectivity index is 1.93. The molecule has 2 heterocycles. The topological polar surface area (TPSA) is 29.5 Å². The van der Waals surface area contributed by atoms with E-state index < -0.39 is 0 Å². The van der Waals surface area contributed by atoms with Crippen molar-refractivity contribution in [3.05, 3.63) is 24.3 Å². The maximum absolute atomic E-state index is 11.6. The second-order valence-corrected chi connectivity index (χ2v) is 5.69. The quantitative estimate of drug-likeness (QED) is 0.691. The fourth-order valence-corrected chi connectivity index (χ4v) is 3.60. The van der Waals surface area contributed by atoms with E-state index >= 15 is 0 Å². The minimum atomic E-state index is 0.0297. The second kappa shape index (κ2) is 3.53. The number of fused-ring (bicyclic) bond motifs is 3. The zero-order chi connectivity index (χ0) is 12.2. The number of ether oxygens (including phenoxy) is 1. The van der Waals surface area contributed by atoms with Gasteiger partial charge in [0.2, 0.25) is 0 Å². The molecule has 5 unspecified atom stereocenters. The number of nitrogens with zero attached hydrogens (tertiary/aromatic N) is 1.